The van der Waals surface area contributed by atoms with Crippen molar-refractivity contribution >= 4 is 17.6 Å². The summed E-state index contributed by atoms with van der Waals surface area (Å²) in [6.07, 6.45) is 0.181. The summed E-state index contributed by atoms with van der Waals surface area (Å²) < 4.78 is 4.80. The van der Waals surface area contributed by atoms with E-state index in [-0.39, 0.29) is 13.0 Å². The summed E-state index contributed by atoms with van der Waals surface area (Å²) in [6.45, 7) is 1.77. The predicted octanol–water partition coefficient (Wildman–Crippen LogP) is 2.41. The Morgan fingerprint density at radius 3 is 2.67 bits per heavy atom. The van der Waals surface area contributed by atoms with Gasteiger partial charge in [0.15, 0.2) is 0 Å². The Labute approximate surface area is 109 Å². The number of hydrogen-bond donors (Lipinski definition) is 0. The summed E-state index contributed by atoms with van der Waals surface area (Å²) >= 11 is 5.76. The molecule has 0 spiro atoms. The predicted molar refractivity (Wildman–Crippen MR) is 65.2 cm³/mol. The Kier molecular flexibility index (Phi) is 3.26. The van der Waals surface area contributed by atoms with E-state index in [1.807, 2.05) is 0 Å². The first kappa shape index (κ1) is 12.8. The third kappa shape index (κ3) is 1.95. The van der Waals surface area contributed by atoms with Crippen LogP contribution in [0.25, 0.3) is 0 Å². The molecule has 0 aliphatic heterocycles. The fraction of sp³-hybridized carbons (Fsp3) is 0.417. The van der Waals surface area contributed by atoms with E-state index in [4.69, 9.17) is 16.3 Å². The normalized spacial score (nSPS) is 25.6. The lowest BCUT2D eigenvalue weighted by Gasteiger charge is -2.08. The smallest absolute Gasteiger partial charge is 0.385 e. The molecule has 0 aromatic heterocycles. The number of nitrogens with zero attached hydrogens (tertiary/aromatic N) is 1. The van der Waals surface area contributed by atoms with Crippen LogP contribution in [0.2, 0.25) is 5.02 Å². The molecule has 6 heteroatoms. The van der Waals surface area contributed by atoms with Crippen molar-refractivity contribution in [3.05, 3.63) is 45.0 Å². The number of ether oxygens (including phenoxy) is 1. The van der Waals surface area contributed by atoms with Gasteiger partial charge < -0.3 is 4.74 Å². The Balaban J connectivity index is 2.25. The molecule has 0 unspecified atom stereocenters. The van der Waals surface area contributed by atoms with Crippen molar-refractivity contribution in [3.63, 3.8) is 0 Å². The van der Waals surface area contributed by atoms with Gasteiger partial charge in [0.25, 0.3) is 0 Å². The van der Waals surface area contributed by atoms with E-state index in [1.165, 1.54) is 0 Å². The fourth-order valence-electron chi connectivity index (χ4n) is 2.10. The molecule has 5 nitrogen and oxygen atoms in total. The van der Waals surface area contributed by atoms with Crippen LogP contribution in [0.1, 0.15) is 24.8 Å². The fourth-order valence-corrected chi connectivity index (χ4v) is 2.22. The Morgan fingerprint density at radius 1 is 1.56 bits per heavy atom. The number of carbonyl (C=O) groups is 1. The number of hydrogen-bond acceptors (Lipinski definition) is 4. The molecule has 0 bridgehead atoms. The number of rotatable bonds is 4. The highest BCUT2D eigenvalue weighted by Crippen LogP contribution is 2.54. The van der Waals surface area contributed by atoms with Gasteiger partial charge in [-0.2, -0.15) is 0 Å². The highest BCUT2D eigenvalue weighted by atomic mass is 35.5. The number of benzene rings is 1. The van der Waals surface area contributed by atoms with E-state index >= 15 is 0 Å². The largest absolute Gasteiger partial charge is 0.461 e. The number of nitro groups is 1. The van der Waals surface area contributed by atoms with Crippen LogP contribution in [0.3, 0.4) is 0 Å². The minimum absolute atomic E-state index is 0.141. The maximum Gasteiger partial charge on any atom is 0.385 e. The van der Waals surface area contributed by atoms with Gasteiger partial charge >= 0.3 is 11.5 Å². The third-order valence-electron chi connectivity index (χ3n) is 3.16. The molecule has 1 aromatic rings. The van der Waals surface area contributed by atoms with Crippen LogP contribution in [0.4, 0.5) is 0 Å². The molecule has 1 aliphatic rings. The van der Waals surface area contributed by atoms with E-state index in [9.17, 15) is 14.9 Å². The maximum absolute atomic E-state index is 11.7. The summed E-state index contributed by atoms with van der Waals surface area (Å²) in [6, 6.07) is 6.73. The second-order valence-corrected chi connectivity index (χ2v) is 4.65. The molecule has 0 heterocycles. The Morgan fingerprint density at radius 2 is 2.17 bits per heavy atom. The lowest BCUT2D eigenvalue weighted by Crippen LogP contribution is -2.35. The van der Waals surface area contributed by atoms with Crippen LogP contribution in [-0.2, 0) is 9.53 Å². The van der Waals surface area contributed by atoms with E-state index in [1.54, 1.807) is 31.2 Å². The SMILES string of the molecule is CCOC(=O)[C@]1([N+](=O)[O-])C[C@H]1c1ccc(Cl)cc1. The molecule has 0 saturated heterocycles. The first-order valence-electron chi connectivity index (χ1n) is 5.59. The molecular weight excluding hydrogens is 258 g/mol. The molecule has 96 valence electrons. The molecule has 1 fully saturated rings. The van der Waals surface area contributed by atoms with Gasteiger partial charge in [0.2, 0.25) is 0 Å². The highest BCUT2D eigenvalue weighted by molar-refractivity contribution is 6.30. The number of carbonyl (C=O) groups excluding carboxylic acids is 1. The van der Waals surface area contributed by atoms with E-state index in [0.29, 0.717) is 5.02 Å². The summed E-state index contributed by atoms with van der Waals surface area (Å²) in [7, 11) is 0. The summed E-state index contributed by atoms with van der Waals surface area (Å²) in [5, 5.41) is 11.7. The second kappa shape index (κ2) is 4.57. The molecule has 2 rings (SSSR count). The van der Waals surface area contributed by atoms with Crippen LogP contribution in [-0.4, -0.2) is 23.0 Å². The number of halogens is 1. The van der Waals surface area contributed by atoms with E-state index in [2.05, 4.69) is 0 Å². The van der Waals surface area contributed by atoms with Crippen LogP contribution < -0.4 is 0 Å². The van der Waals surface area contributed by atoms with Crippen LogP contribution in [0.15, 0.2) is 24.3 Å². The third-order valence-corrected chi connectivity index (χ3v) is 3.41. The van der Waals surface area contributed by atoms with Crippen molar-refractivity contribution in [1.82, 2.24) is 0 Å². The van der Waals surface area contributed by atoms with Crippen LogP contribution >= 0.6 is 11.6 Å². The quantitative estimate of drug-likeness (QED) is 0.478. The average Bonchev–Trinajstić information content (AvgIpc) is 3.07. The van der Waals surface area contributed by atoms with Gasteiger partial charge in [-0.3, -0.25) is 10.1 Å². The molecule has 2 atom stereocenters. The summed E-state index contributed by atoms with van der Waals surface area (Å²) in [4.78, 5) is 22.3. The van der Waals surface area contributed by atoms with Gasteiger partial charge in [-0.15, -0.1) is 0 Å². The van der Waals surface area contributed by atoms with Crippen molar-refractivity contribution in [2.45, 2.75) is 24.8 Å². The zero-order valence-corrected chi connectivity index (χ0v) is 10.5. The first-order valence-corrected chi connectivity index (χ1v) is 5.97. The van der Waals surface area contributed by atoms with Gasteiger partial charge in [0, 0.05) is 16.4 Å². The summed E-state index contributed by atoms with van der Waals surface area (Å²) in [5.74, 6) is -1.18. The Bertz CT molecular complexity index is 487. The van der Waals surface area contributed by atoms with Crippen molar-refractivity contribution < 1.29 is 14.5 Å². The average molecular weight is 270 g/mol. The molecule has 0 N–H and O–H groups in total. The molecule has 1 aromatic carbocycles. The van der Waals surface area contributed by atoms with Crippen molar-refractivity contribution in [1.29, 1.82) is 0 Å². The maximum atomic E-state index is 11.7. The van der Waals surface area contributed by atoms with Crippen LogP contribution in [0.5, 0.6) is 0 Å². The van der Waals surface area contributed by atoms with Gasteiger partial charge in [-0.05, 0) is 24.6 Å². The first-order chi connectivity index (χ1) is 8.52. The topological polar surface area (TPSA) is 69.4 Å². The van der Waals surface area contributed by atoms with Crippen molar-refractivity contribution in [2.24, 2.45) is 0 Å². The van der Waals surface area contributed by atoms with Gasteiger partial charge in [-0.1, -0.05) is 23.7 Å². The minimum atomic E-state index is -1.61. The second-order valence-electron chi connectivity index (χ2n) is 4.21. The van der Waals surface area contributed by atoms with Gasteiger partial charge in [0.1, 0.15) is 0 Å². The minimum Gasteiger partial charge on any atom is -0.461 e. The molecule has 0 radical (unpaired) electrons. The standard InChI is InChI=1S/C12H12ClNO4/c1-2-18-11(15)12(14(16)17)7-10(12)8-3-5-9(13)6-4-8/h3-6,10H,2,7H2,1H3/t10-,12-/m0/s1. The monoisotopic (exact) mass is 269 g/mol. The molecule has 1 saturated carbocycles. The van der Waals surface area contributed by atoms with Crippen molar-refractivity contribution in [2.75, 3.05) is 6.61 Å². The van der Waals surface area contributed by atoms with Gasteiger partial charge in [0.05, 0.1) is 12.5 Å². The molecule has 18 heavy (non-hydrogen) atoms. The zero-order valence-electron chi connectivity index (χ0n) is 9.76. The van der Waals surface area contributed by atoms with E-state index in [0.717, 1.165) is 5.56 Å². The number of esters is 1. The van der Waals surface area contributed by atoms with Crippen molar-refractivity contribution in [3.8, 4) is 0 Å². The van der Waals surface area contributed by atoms with Gasteiger partial charge in [-0.25, -0.2) is 4.79 Å². The molecule has 0 amide bonds. The lowest BCUT2D eigenvalue weighted by molar-refractivity contribution is -0.527. The highest BCUT2D eigenvalue weighted by Gasteiger charge is 2.73. The lowest BCUT2D eigenvalue weighted by atomic mass is 10.1. The van der Waals surface area contributed by atoms with Crippen LogP contribution in [0, 0.1) is 10.1 Å². The van der Waals surface area contributed by atoms with E-state index < -0.39 is 22.3 Å². The Hall–Kier alpha value is -1.62. The molecular formula is C12H12ClNO4. The summed E-state index contributed by atoms with van der Waals surface area (Å²) in [5.41, 5.74) is -0.867. The molecule has 1 aliphatic carbocycles. The zero-order chi connectivity index (χ0) is 13.3.